The standard InChI is InChI=1S/C11H11F3O2/c1-6(2)16-9-5-7(12)3-4-8(9)10(15)11(13)14/h3-6,11H,1-2H3. The van der Waals surface area contributed by atoms with Crippen LogP contribution in [0.4, 0.5) is 13.2 Å². The Hall–Kier alpha value is -1.52. The average molecular weight is 232 g/mol. The maximum absolute atomic E-state index is 12.9. The minimum Gasteiger partial charge on any atom is -0.490 e. The largest absolute Gasteiger partial charge is 0.490 e. The molecule has 16 heavy (non-hydrogen) atoms. The SMILES string of the molecule is CC(C)Oc1cc(F)ccc1C(=O)C(F)F. The van der Waals surface area contributed by atoms with Crippen LogP contribution in [-0.4, -0.2) is 18.3 Å². The average Bonchev–Trinajstić information content (AvgIpc) is 2.15. The summed E-state index contributed by atoms with van der Waals surface area (Å²) in [6, 6.07) is 2.87. The third kappa shape index (κ3) is 2.98. The highest BCUT2D eigenvalue weighted by molar-refractivity contribution is 6.00. The first-order valence-electron chi connectivity index (χ1n) is 4.70. The van der Waals surface area contributed by atoms with Crippen LogP contribution in [0, 0.1) is 5.82 Å². The molecule has 0 radical (unpaired) electrons. The lowest BCUT2D eigenvalue weighted by molar-refractivity contribution is 0.0672. The van der Waals surface area contributed by atoms with Crippen LogP contribution in [0.25, 0.3) is 0 Å². The van der Waals surface area contributed by atoms with Gasteiger partial charge in [-0.15, -0.1) is 0 Å². The summed E-state index contributed by atoms with van der Waals surface area (Å²) in [5, 5.41) is 0. The molecule has 0 N–H and O–H groups in total. The molecule has 0 atom stereocenters. The van der Waals surface area contributed by atoms with Crippen LogP contribution in [0.15, 0.2) is 18.2 Å². The third-order valence-corrected chi connectivity index (χ3v) is 1.77. The molecular weight excluding hydrogens is 221 g/mol. The number of carbonyl (C=O) groups is 1. The van der Waals surface area contributed by atoms with E-state index in [1.54, 1.807) is 13.8 Å². The Morgan fingerprint density at radius 3 is 2.44 bits per heavy atom. The summed E-state index contributed by atoms with van der Waals surface area (Å²) in [6.45, 7) is 3.31. The molecule has 0 saturated heterocycles. The van der Waals surface area contributed by atoms with E-state index in [1.165, 1.54) is 0 Å². The second kappa shape index (κ2) is 5.01. The fraction of sp³-hybridized carbons (Fsp3) is 0.364. The van der Waals surface area contributed by atoms with Gasteiger partial charge in [0.1, 0.15) is 11.6 Å². The van der Waals surface area contributed by atoms with Gasteiger partial charge in [0, 0.05) is 6.07 Å². The molecular formula is C11H11F3O2. The van der Waals surface area contributed by atoms with Gasteiger partial charge < -0.3 is 4.74 Å². The fourth-order valence-electron chi connectivity index (χ4n) is 1.17. The molecule has 88 valence electrons. The molecule has 2 nitrogen and oxygen atoms in total. The second-order valence-corrected chi connectivity index (χ2v) is 3.47. The van der Waals surface area contributed by atoms with Crippen molar-refractivity contribution in [3.63, 3.8) is 0 Å². The molecule has 5 heteroatoms. The van der Waals surface area contributed by atoms with Crippen LogP contribution >= 0.6 is 0 Å². The van der Waals surface area contributed by atoms with Crippen LogP contribution in [-0.2, 0) is 0 Å². The predicted molar refractivity (Wildman–Crippen MR) is 52.5 cm³/mol. The molecule has 0 heterocycles. The van der Waals surface area contributed by atoms with E-state index < -0.39 is 18.0 Å². The highest BCUT2D eigenvalue weighted by Gasteiger charge is 2.22. The zero-order chi connectivity index (χ0) is 12.3. The van der Waals surface area contributed by atoms with E-state index in [4.69, 9.17) is 4.74 Å². The second-order valence-electron chi connectivity index (χ2n) is 3.47. The zero-order valence-electron chi connectivity index (χ0n) is 8.84. The van der Waals surface area contributed by atoms with Crippen molar-refractivity contribution in [3.8, 4) is 5.75 Å². The number of ketones is 1. The molecule has 0 aliphatic rings. The molecule has 0 amide bonds. The first-order valence-corrected chi connectivity index (χ1v) is 4.70. The number of benzene rings is 1. The summed E-state index contributed by atoms with van der Waals surface area (Å²) in [4.78, 5) is 11.1. The Bertz CT molecular complexity index is 389. The summed E-state index contributed by atoms with van der Waals surface area (Å²) in [6.07, 6.45) is -3.45. The minimum absolute atomic E-state index is 0.153. The molecule has 0 bridgehead atoms. The number of hydrogen-bond donors (Lipinski definition) is 0. The van der Waals surface area contributed by atoms with Gasteiger partial charge in [0.25, 0.3) is 0 Å². The van der Waals surface area contributed by atoms with Crippen molar-refractivity contribution in [2.75, 3.05) is 0 Å². The van der Waals surface area contributed by atoms with E-state index in [0.717, 1.165) is 18.2 Å². The minimum atomic E-state index is -3.13. The van der Waals surface area contributed by atoms with Crippen molar-refractivity contribution in [2.24, 2.45) is 0 Å². The summed E-state index contributed by atoms with van der Waals surface area (Å²) in [5.74, 6) is -2.16. The van der Waals surface area contributed by atoms with Gasteiger partial charge in [-0.2, -0.15) is 0 Å². The van der Waals surface area contributed by atoms with Gasteiger partial charge >= 0.3 is 6.43 Å². The lowest BCUT2D eigenvalue weighted by atomic mass is 10.1. The number of alkyl halides is 2. The first-order chi connectivity index (χ1) is 7.41. The van der Waals surface area contributed by atoms with Gasteiger partial charge in [0.05, 0.1) is 11.7 Å². The number of halogens is 3. The van der Waals surface area contributed by atoms with E-state index in [-0.39, 0.29) is 17.4 Å². The molecule has 1 aromatic carbocycles. The lowest BCUT2D eigenvalue weighted by Crippen LogP contribution is -2.15. The highest BCUT2D eigenvalue weighted by Crippen LogP contribution is 2.23. The van der Waals surface area contributed by atoms with E-state index in [9.17, 15) is 18.0 Å². The van der Waals surface area contributed by atoms with Gasteiger partial charge in [-0.05, 0) is 26.0 Å². The number of ether oxygens (including phenoxy) is 1. The number of hydrogen-bond acceptors (Lipinski definition) is 2. The van der Waals surface area contributed by atoms with E-state index in [0.29, 0.717) is 0 Å². The Labute approximate surface area is 91.0 Å². The van der Waals surface area contributed by atoms with Crippen LogP contribution in [0.1, 0.15) is 24.2 Å². The van der Waals surface area contributed by atoms with E-state index in [2.05, 4.69) is 0 Å². The van der Waals surface area contributed by atoms with Crippen LogP contribution in [0.5, 0.6) is 5.75 Å². The van der Waals surface area contributed by atoms with Crippen molar-refractivity contribution < 1.29 is 22.7 Å². The first kappa shape index (κ1) is 12.5. The Balaban J connectivity index is 3.12. The van der Waals surface area contributed by atoms with Crippen LogP contribution in [0.2, 0.25) is 0 Å². The predicted octanol–water partition coefficient (Wildman–Crippen LogP) is 3.06. The number of rotatable bonds is 4. The topological polar surface area (TPSA) is 26.3 Å². The van der Waals surface area contributed by atoms with Gasteiger partial charge in [0.2, 0.25) is 5.78 Å². The van der Waals surface area contributed by atoms with Gasteiger partial charge in [-0.1, -0.05) is 0 Å². The molecule has 0 unspecified atom stereocenters. The van der Waals surface area contributed by atoms with Crippen molar-refractivity contribution in [1.29, 1.82) is 0 Å². The summed E-state index contributed by atoms with van der Waals surface area (Å²) >= 11 is 0. The van der Waals surface area contributed by atoms with Crippen molar-refractivity contribution in [3.05, 3.63) is 29.6 Å². The molecule has 0 aliphatic carbocycles. The molecule has 0 fully saturated rings. The molecule has 0 spiro atoms. The maximum atomic E-state index is 12.9. The lowest BCUT2D eigenvalue weighted by Gasteiger charge is -2.13. The van der Waals surface area contributed by atoms with Crippen molar-refractivity contribution >= 4 is 5.78 Å². The highest BCUT2D eigenvalue weighted by atomic mass is 19.3. The molecule has 0 saturated carbocycles. The molecule has 1 aromatic rings. The molecule has 0 aromatic heterocycles. The van der Waals surface area contributed by atoms with Gasteiger partial charge in [-0.3, -0.25) is 4.79 Å². The summed E-state index contributed by atoms with van der Waals surface area (Å²) in [5.41, 5.74) is -0.301. The smallest absolute Gasteiger partial charge is 0.300 e. The van der Waals surface area contributed by atoms with Gasteiger partial charge in [-0.25, -0.2) is 13.2 Å². The quantitative estimate of drug-likeness (QED) is 0.746. The fourth-order valence-corrected chi connectivity index (χ4v) is 1.17. The summed E-state index contributed by atoms with van der Waals surface area (Å²) in [7, 11) is 0. The van der Waals surface area contributed by atoms with Crippen LogP contribution in [0.3, 0.4) is 0 Å². The van der Waals surface area contributed by atoms with Gasteiger partial charge in [0.15, 0.2) is 0 Å². The summed E-state index contributed by atoms with van der Waals surface area (Å²) < 4.78 is 42.5. The maximum Gasteiger partial charge on any atom is 0.300 e. The molecule has 0 aliphatic heterocycles. The van der Waals surface area contributed by atoms with Crippen LogP contribution < -0.4 is 4.74 Å². The van der Waals surface area contributed by atoms with Crippen molar-refractivity contribution in [2.45, 2.75) is 26.4 Å². The number of Topliss-reactive ketones (excluding diaryl/α,β-unsaturated/α-hetero) is 1. The molecule has 1 rings (SSSR count). The Kier molecular flexibility index (Phi) is 3.93. The van der Waals surface area contributed by atoms with E-state index in [1.807, 2.05) is 0 Å². The van der Waals surface area contributed by atoms with E-state index >= 15 is 0 Å². The normalized spacial score (nSPS) is 10.9. The third-order valence-electron chi connectivity index (χ3n) is 1.77. The zero-order valence-corrected chi connectivity index (χ0v) is 8.84. The Morgan fingerprint density at radius 2 is 1.94 bits per heavy atom. The Morgan fingerprint density at radius 1 is 1.31 bits per heavy atom. The number of carbonyl (C=O) groups excluding carboxylic acids is 1. The van der Waals surface area contributed by atoms with Crippen molar-refractivity contribution in [1.82, 2.24) is 0 Å². The monoisotopic (exact) mass is 232 g/mol.